The van der Waals surface area contributed by atoms with E-state index in [1.807, 2.05) is 51.2 Å². The molecular formula is C31H33N3O3. The fourth-order valence-electron chi connectivity index (χ4n) is 4.93. The Morgan fingerprint density at radius 2 is 1.78 bits per heavy atom. The van der Waals surface area contributed by atoms with Crippen LogP contribution in [0, 0.1) is 0 Å². The van der Waals surface area contributed by atoms with Crippen LogP contribution >= 0.6 is 0 Å². The number of imidazole rings is 1. The van der Waals surface area contributed by atoms with Crippen LogP contribution in [0.15, 0.2) is 73.4 Å². The van der Waals surface area contributed by atoms with Crippen molar-refractivity contribution in [3.8, 4) is 28.3 Å². The molecule has 0 saturated heterocycles. The van der Waals surface area contributed by atoms with Crippen molar-refractivity contribution in [1.82, 2.24) is 14.7 Å². The molecule has 1 amide bonds. The number of carbonyl (C=O) groups is 1. The lowest BCUT2D eigenvalue weighted by Gasteiger charge is -2.43. The summed E-state index contributed by atoms with van der Waals surface area (Å²) in [7, 11) is 1.66. The van der Waals surface area contributed by atoms with Gasteiger partial charge in [0.15, 0.2) is 11.4 Å². The third-order valence-electron chi connectivity index (χ3n) is 6.87. The second-order valence-corrected chi connectivity index (χ2v) is 10.6. The zero-order valence-corrected chi connectivity index (χ0v) is 21.9. The smallest absolute Gasteiger partial charge is 0.408 e. The predicted molar refractivity (Wildman–Crippen MR) is 148 cm³/mol. The van der Waals surface area contributed by atoms with E-state index in [0.717, 1.165) is 58.6 Å². The second-order valence-electron chi connectivity index (χ2n) is 10.6. The van der Waals surface area contributed by atoms with Gasteiger partial charge in [0.1, 0.15) is 5.60 Å². The molecule has 4 aromatic rings. The number of aromatic nitrogens is 2. The molecule has 0 bridgehead atoms. The summed E-state index contributed by atoms with van der Waals surface area (Å²) < 4.78 is 13.3. The lowest BCUT2D eigenvalue weighted by Crippen LogP contribution is -2.52. The number of nitrogens with zero attached hydrogens (tertiary/aromatic N) is 2. The minimum Gasteiger partial charge on any atom is -0.493 e. The SMILES string of the molecule is C=Cc1cc(OC)c2nc(-c3ccc(C4(NC(=O)OC(C)(C)C)CCC4)cc3)c(-c3ccccc3)n2c1. The first kappa shape index (κ1) is 24.6. The van der Waals surface area contributed by atoms with Crippen LogP contribution in [0.25, 0.3) is 34.2 Å². The number of fused-ring (bicyclic) bond motifs is 1. The molecule has 0 aliphatic heterocycles. The van der Waals surface area contributed by atoms with Crippen LogP contribution in [-0.4, -0.2) is 28.2 Å². The summed E-state index contributed by atoms with van der Waals surface area (Å²) in [5.74, 6) is 0.687. The van der Waals surface area contributed by atoms with Gasteiger partial charge in [-0.05, 0) is 57.2 Å². The van der Waals surface area contributed by atoms with Crippen molar-refractivity contribution in [2.75, 3.05) is 7.11 Å². The third kappa shape index (κ3) is 4.71. The summed E-state index contributed by atoms with van der Waals surface area (Å²) >= 11 is 0. The Balaban J connectivity index is 1.57. The first-order valence-corrected chi connectivity index (χ1v) is 12.6. The maximum absolute atomic E-state index is 12.6. The molecule has 1 saturated carbocycles. The Bertz CT molecular complexity index is 1440. The minimum absolute atomic E-state index is 0.381. The predicted octanol–water partition coefficient (Wildman–Crippen LogP) is 7.22. The number of pyridine rings is 1. The van der Waals surface area contributed by atoms with E-state index < -0.39 is 11.1 Å². The van der Waals surface area contributed by atoms with Crippen molar-refractivity contribution in [3.63, 3.8) is 0 Å². The maximum atomic E-state index is 12.6. The fourth-order valence-corrected chi connectivity index (χ4v) is 4.93. The zero-order valence-electron chi connectivity index (χ0n) is 21.9. The lowest BCUT2D eigenvalue weighted by molar-refractivity contribution is 0.0377. The van der Waals surface area contributed by atoms with E-state index in [1.165, 1.54) is 0 Å². The Morgan fingerprint density at radius 3 is 2.35 bits per heavy atom. The Morgan fingerprint density at radius 1 is 1.08 bits per heavy atom. The second kappa shape index (κ2) is 9.43. The minimum atomic E-state index is -0.539. The molecule has 0 atom stereocenters. The highest BCUT2D eigenvalue weighted by Crippen LogP contribution is 2.43. The number of alkyl carbamates (subject to hydrolysis) is 1. The summed E-state index contributed by atoms with van der Waals surface area (Å²) in [6.45, 7) is 9.57. The number of carbonyl (C=O) groups excluding carboxylic acids is 1. The average Bonchev–Trinajstić information content (AvgIpc) is 3.24. The highest BCUT2D eigenvalue weighted by molar-refractivity contribution is 5.84. The van der Waals surface area contributed by atoms with Crippen LogP contribution < -0.4 is 10.1 Å². The first-order valence-electron chi connectivity index (χ1n) is 12.6. The topological polar surface area (TPSA) is 64.9 Å². The zero-order chi connectivity index (χ0) is 26.2. The molecule has 1 aliphatic carbocycles. The van der Waals surface area contributed by atoms with Gasteiger partial charge in [0.05, 0.1) is 24.0 Å². The van der Waals surface area contributed by atoms with Gasteiger partial charge in [-0.25, -0.2) is 9.78 Å². The monoisotopic (exact) mass is 495 g/mol. The summed E-state index contributed by atoms with van der Waals surface area (Å²) in [4.78, 5) is 17.6. The highest BCUT2D eigenvalue weighted by atomic mass is 16.6. The van der Waals surface area contributed by atoms with Crippen LogP contribution in [0.5, 0.6) is 5.75 Å². The molecule has 1 fully saturated rings. The molecule has 1 aliphatic rings. The molecule has 6 nitrogen and oxygen atoms in total. The van der Waals surface area contributed by atoms with Crippen molar-refractivity contribution in [1.29, 1.82) is 0 Å². The highest BCUT2D eigenvalue weighted by Gasteiger charge is 2.41. The van der Waals surface area contributed by atoms with Crippen LogP contribution in [0.4, 0.5) is 4.79 Å². The molecule has 5 rings (SSSR count). The largest absolute Gasteiger partial charge is 0.493 e. The Labute approximate surface area is 218 Å². The van der Waals surface area contributed by atoms with Crippen LogP contribution in [0.3, 0.4) is 0 Å². The van der Waals surface area contributed by atoms with E-state index in [1.54, 1.807) is 13.2 Å². The van der Waals surface area contributed by atoms with Gasteiger partial charge in [-0.1, -0.05) is 67.3 Å². The number of rotatable bonds is 6. The van der Waals surface area contributed by atoms with E-state index >= 15 is 0 Å². The van der Waals surface area contributed by atoms with E-state index in [-0.39, 0.29) is 6.09 Å². The van der Waals surface area contributed by atoms with Gasteiger partial charge in [-0.3, -0.25) is 4.40 Å². The van der Waals surface area contributed by atoms with Crippen molar-refractivity contribution in [3.05, 3.63) is 84.6 Å². The number of hydrogen-bond acceptors (Lipinski definition) is 4. The van der Waals surface area contributed by atoms with Crippen LogP contribution in [0.2, 0.25) is 0 Å². The number of hydrogen-bond donors (Lipinski definition) is 1. The molecule has 0 unspecified atom stereocenters. The van der Waals surface area contributed by atoms with Crippen LogP contribution in [-0.2, 0) is 10.3 Å². The number of benzene rings is 2. The average molecular weight is 496 g/mol. The van der Waals surface area contributed by atoms with Crippen molar-refractivity contribution in [2.45, 2.75) is 51.2 Å². The molecule has 2 aromatic carbocycles. The van der Waals surface area contributed by atoms with Gasteiger partial charge >= 0.3 is 6.09 Å². The van der Waals surface area contributed by atoms with E-state index in [2.05, 4.69) is 52.7 Å². The van der Waals surface area contributed by atoms with Crippen molar-refractivity contribution < 1.29 is 14.3 Å². The van der Waals surface area contributed by atoms with Crippen molar-refractivity contribution >= 4 is 17.8 Å². The van der Waals surface area contributed by atoms with Crippen LogP contribution in [0.1, 0.15) is 51.2 Å². The summed E-state index contributed by atoms with van der Waals surface area (Å²) in [5.41, 5.74) is 5.71. The Hall–Kier alpha value is -4.06. The standard InChI is InChI=1S/C31H33N3O3/c1-6-21-19-25(36-5)28-32-26(27(34(28)20-21)23-11-8-7-9-12-23)22-13-15-24(16-14-22)31(17-10-18-31)33-29(35)37-30(2,3)4/h6-9,11-16,19-20H,1,10,17-18H2,2-5H3,(H,33,35). The van der Waals surface area contributed by atoms with Gasteiger partial charge < -0.3 is 14.8 Å². The van der Waals surface area contributed by atoms with Gasteiger partial charge in [0.2, 0.25) is 0 Å². The van der Waals surface area contributed by atoms with Gasteiger partial charge in [0, 0.05) is 17.3 Å². The summed E-state index contributed by atoms with van der Waals surface area (Å²) in [6, 6.07) is 20.5. The molecule has 2 aromatic heterocycles. The summed E-state index contributed by atoms with van der Waals surface area (Å²) in [5, 5.41) is 3.14. The molecule has 6 heteroatoms. The summed E-state index contributed by atoms with van der Waals surface area (Å²) in [6.07, 6.45) is 6.29. The first-order chi connectivity index (χ1) is 17.7. The molecule has 0 spiro atoms. The molecular weight excluding hydrogens is 462 g/mol. The number of methoxy groups -OCH3 is 1. The van der Waals surface area contributed by atoms with Gasteiger partial charge in [-0.15, -0.1) is 0 Å². The van der Waals surface area contributed by atoms with Gasteiger partial charge in [0.25, 0.3) is 0 Å². The number of amides is 1. The molecule has 2 heterocycles. The fraction of sp³-hybridized carbons (Fsp3) is 0.290. The number of nitrogens with one attached hydrogen (secondary N) is 1. The molecule has 0 radical (unpaired) electrons. The van der Waals surface area contributed by atoms with E-state index in [9.17, 15) is 4.79 Å². The van der Waals surface area contributed by atoms with Crippen molar-refractivity contribution in [2.24, 2.45) is 0 Å². The normalized spacial score (nSPS) is 14.6. The maximum Gasteiger partial charge on any atom is 0.408 e. The molecule has 1 N–H and O–H groups in total. The number of ether oxygens (including phenoxy) is 2. The van der Waals surface area contributed by atoms with E-state index in [0.29, 0.717) is 5.75 Å². The quantitative estimate of drug-likeness (QED) is 0.307. The molecule has 37 heavy (non-hydrogen) atoms. The Kier molecular flexibility index (Phi) is 6.28. The lowest BCUT2D eigenvalue weighted by atomic mass is 9.71. The van der Waals surface area contributed by atoms with E-state index in [4.69, 9.17) is 14.5 Å². The third-order valence-corrected chi connectivity index (χ3v) is 6.87. The molecule has 190 valence electrons. The van der Waals surface area contributed by atoms with Gasteiger partial charge in [-0.2, -0.15) is 0 Å².